The first-order valence-corrected chi connectivity index (χ1v) is 7.58. The number of aliphatic hydroxyl groups excluding tert-OH is 1. The molecular formula is C15H20Cl2N2O3. The highest BCUT2D eigenvalue weighted by Crippen LogP contribution is 2.25. The van der Waals surface area contributed by atoms with Gasteiger partial charge < -0.3 is 15.7 Å². The maximum Gasteiger partial charge on any atom is 0.313 e. The fraction of sp³-hybridized carbons (Fsp3) is 0.467. The third-order valence-corrected chi connectivity index (χ3v) is 3.51. The quantitative estimate of drug-likeness (QED) is 0.717. The minimum Gasteiger partial charge on any atom is -0.393 e. The second kappa shape index (κ2) is 7.81. The van der Waals surface area contributed by atoms with E-state index in [0.717, 1.165) is 0 Å². The van der Waals surface area contributed by atoms with Gasteiger partial charge in [0, 0.05) is 11.6 Å². The van der Waals surface area contributed by atoms with Gasteiger partial charge >= 0.3 is 11.8 Å². The van der Waals surface area contributed by atoms with Crippen LogP contribution in [0.25, 0.3) is 0 Å². The summed E-state index contributed by atoms with van der Waals surface area (Å²) in [7, 11) is 0. The molecule has 2 amide bonds. The van der Waals surface area contributed by atoms with Gasteiger partial charge in [0.15, 0.2) is 0 Å². The first-order valence-electron chi connectivity index (χ1n) is 6.83. The van der Waals surface area contributed by atoms with Gasteiger partial charge in [0.2, 0.25) is 0 Å². The lowest BCUT2D eigenvalue weighted by atomic mass is 9.87. The molecule has 0 aliphatic rings. The molecule has 1 rings (SSSR count). The number of hydrogen-bond donors (Lipinski definition) is 3. The average molecular weight is 347 g/mol. The molecule has 1 unspecified atom stereocenters. The van der Waals surface area contributed by atoms with Gasteiger partial charge in [0.1, 0.15) is 0 Å². The lowest BCUT2D eigenvalue weighted by molar-refractivity contribution is -0.136. The molecule has 0 aromatic heterocycles. The van der Waals surface area contributed by atoms with Crippen molar-refractivity contribution < 1.29 is 14.7 Å². The van der Waals surface area contributed by atoms with E-state index in [1.54, 1.807) is 13.0 Å². The number of carbonyl (C=O) groups is 2. The molecule has 7 heteroatoms. The van der Waals surface area contributed by atoms with E-state index in [9.17, 15) is 14.7 Å². The highest BCUT2D eigenvalue weighted by molar-refractivity contribution is 6.42. The maximum absolute atomic E-state index is 11.8. The molecule has 0 spiro atoms. The summed E-state index contributed by atoms with van der Waals surface area (Å²) >= 11 is 11.7. The van der Waals surface area contributed by atoms with Crippen LogP contribution >= 0.6 is 23.2 Å². The normalized spacial score (nSPS) is 12.6. The van der Waals surface area contributed by atoms with E-state index in [-0.39, 0.29) is 17.0 Å². The van der Waals surface area contributed by atoms with Gasteiger partial charge in [0.25, 0.3) is 0 Å². The third-order valence-electron chi connectivity index (χ3n) is 2.96. The summed E-state index contributed by atoms with van der Waals surface area (Å²) in [5.74, 6) is -1.57. The van der Waals surface area contributed by atoms with E-state index < -0.39 is 17.9 Å². The molecule has 5 nitrogen and oxygen atoms in total. The smallest absolute Gasteiger partial charge is 0.313 e. The molecule has 122 valence electrons. The second-order valence-electron chi connectivity index (χ2n) is 5.98. The van der Waals surface area contributed by atoms with Crippen molar-refractivity contribution in [2.24, 2.45) is 5.41 Å². The summed E-state index contributed by atoms with van der Waals surface area (Å²) in [6, 6.07) is 4.56. The molecule has 0 aliphatic carbocycles. The zero-order chi connectivity index (χ0) is 16.9. The molecule has 3 N–H and O–H groups in total. The Bertz CT molecular complexity index is 560. The molecule has 0 fully saturated rings. The molecule has 22 heavy (non-hydrogen) atoms. The van der Waals surface area contributed by atoms with Crippen molar-refractivity contribution in [1.82, 2.24) is 5.32 Å². The minimum atomic E-state index is -0.808. The Morgan fingerprint density at radius 2 is 1.91 bits per heavy atom. The van der Waals surface area contributed by atoms with Gasteiger partial charge in [-0.1, -0.05) is 37.0 Å². The van der Waals surface area contributed by atoms with Crippen molar-refractivity contribution in [2.75, 3.05) is 11.9 Å². The number of anilines is 1. The van der Waals surface area contributed by atoms with Gasteiger partial charge in [-0.05, 0) is 37.0 Å². The van der Waals surface area contributed by atoms with Gasteiger partial charge in [-0.3, -0.25) is 9.59 Å². The van der Waals surface area contributed by atoms with Crippen molar-refractivity contribution in [3.05, 3.63) is 28.2 Å². The summed E-state index contributed by atoms with van der Waals surface area (Å²) in [5, 5.41) is 15.1. The zero-order valence-electron chi connectivity index (χ0n) is 12.7. The fourth-order valence-corrected chi connectivity index (χ4v) is 2.50. The number of nitrogens with one attached hydrogen (secondary N) is 2. The number of halogens is 2. The summed E-state index contributed by atoms with van der Waals surface area (Å²) in [6.45, 7) is 5.75. The molecular weight excluding hydrogens is 327 g/mol. The molecule has 0 heterocycles. The highest BCUT2D eigenvalue weighted by atomic mass is 35.5. The first-order chi connectivity index (χ1) is 10.1. The SMILES string of the molecule is CC(O)CC(C)(C)CNC(=O)C(=O)Nc1ccc(Cl)cc1Cl. The van der Waals surface area contributed by atoms with Crippen molar-refractivity contribution in [2.45, 2.75) is 33.3 Å². The Balaban J connectivity index is 2.57. The highest BCUT2D eigenvalue weighted by Gasteiger charge is 2.23. The van der Waals surface area contributed by atoms with Gasteiger partial charge in [-0.2, -0.15) is 0 Å². The van der Waals surface area contributed by atoms with E-state index in [1.807, 2.05) is 13.8 Å². The van der Waals surface area contributed by atoms with E-state index in [0.29, 0.717) is 17.1 Å². The van der Waals surface area contributed by atoms with Crippen molar-refractivity contribution in [3.8, 4) is 0 Å². The minimum absolute atomic E-state index is 0.253. The molecule has 0 saturated carbocycles. The number of rotatable bonds is 5. The topological polar surface area (TPSA) is 78.4 Å². The standard InChI is InChI=1S/C15H20Cl2N2O3/c1-9(20)7-15(2,3)8-18-13(21)14(22)19-12-5-4-10(16)6-11(12)17/h4-6,9,20H,7-8H2,1-3H3,(H,18,21)(H,19,22). The van der Waals surface area contributed by atoms with Crippen molar-refractivity contribution >= 4 is 40.7 Å². The van der Waals surface area contributed by atoms with Crippen LogP contribution in [0.4, 0.5) is 5.69 Å². The van der Waals surface area contributed by atoms with Crippen LogP contribution in [0.1, 0.15) is 27.2 Å². The number of carbonyl (C=O) groups excluding carboxylic acids is 2. The van der Waals surface area contributed by atoms with Crippen LogP contribution in [0.5, 0.6) is 0 Å². The summed E-state index contributed by atoms with van der Waals surface area (Å²) in [5.41, 5.74) is -0.00312. The predicted molar refractivity (Wildman–Crippen MR) is 88.2 cm³/mol. The molecule has 1 aromatic carbocycles. The Morgan fingerprint density at radius 1 is 1.27 bits per heavy atom. The van der Waals surface area contributed by atoms with Gasteiger partial charge in [0.05, 0.1) is 16.8 Å². The third kappa shape index (κ3) is 6.22. The van der Waals surface area contributed by atoms with Crippen molar-refractivity contribution in [1.29, 1.82) is 0 Å². The first kappa shape index (κ1) is 18.7. The number of aliphatic hydroxyl groups is 1. The van der Waals surface area contributed by atoms with Crippen LogP contribution in [0.3, 0.4) is 0 Å². The van der Waals surface area contributed by atoms with Gasteiger partial charge in [-0.25, -0.2) is 0 Å². The van der Waals surface area contributed by atoms with E-state index >= 15 is 0 Å². The van der Waals surface area contributed by atoms with Crippen LogP contribution in [0.15, 0.2) is 18.2 Å². The average Bonchev–Trinajstić information content (AvgIpc) is 2.37. The fourth-order valence-electron chi connectivity index (χ4n) is 2.04. The zero-order valence-corrected chi connectivity index (χ0v) is 14.3. The Kier molecular flexibility index (Phi) is 6.66. The summed E-state index contributed by atoms with van der Waals surface area (Å²) < 4.78 is 0. The number of hydrogen-bond acceptors (Lipinski definition) is 3. The van der Waals surface area contributed by atoms with Crippen LogP contribution in [-0.4, -0.2) is 29.6 Å². The van der Waals surface area contributed by atoms with Crippen LogP contribution in [0.2, 0.25) is 10.0 Å². The van der Waals surface area contributed by atoms with Crippen LogP contribution in [0, 0.1) is 5.41 Å². The van der Waals surface area contributed by atoms with E-state index in [2.05, 4.69) is 10.6 Å². The Morgan fingerprint density at radius 3 is 2.45 bits per heavy atom. The molecule has 1 atom stereocenters. The lowest BCUT2D eigenvalue weighted by Gasteiger charge is -2.26. The van der Waals surface area contributed by atoms with Crippen LogP contribution < -0.4 is 10.6 Å². The second-order valence-corrected chi connectivity index (χ2v) is 6.82. The largest absolute Gasteiger partial charge is 0.393 e. The Labute approximate surface area is 140 Å². The summed E-state index contributed by atoms with van der Waals surface area (Å²) in [6.07, 6.45) is 0.0337. The van der Waals surface area contributed by atoms with Crippen LogP contribution in [-0.2, 0) is 9.59 Å². The number of amides is 2. The van der Waals surface area contributed by atoms with Crippen molar-refractivity contribution in [3.63, 3.8) is 0 Å². The number of benzene rings is 1. The molecule has 0 radical (unpaired) electrons. The monoisotopic (exact) mass is 346 g/mol. The molecule has 0 aliphatic heterocycles. The molecule has 0 saturated heterocycles. The maximum atomic E-state index is 11.8. The van der Waals surface area contributed by atoms with E-state index in [1.165, 1.54) is 12.1 Å². The van der Waals surface area contributed by atoms with E-state index in [4.69, 9.17) is 23.2 Å². The summed E-state index contributed by atoms with van der Waals surface area (Å²) in [4.78, 5) is 23.6. The molecule has 1 aromatic rings. The predicted octanol–water partition coefficient (Wildman–Crippen LogP) is 2.85. The Hall–Kier alpha value is -1.30. The molecule has 0 bridgehead atoms. The lowest BCUT2D eigenvalue weighted by Crippen LogP contribution is -2.41. The van der Waals surface area contributed by atoms with Gasteiger partial charge in [-0.15, -0.1) is 0 Å².